The van der Waals surface area contributed by atoms with Crippen LogP contribution < -0.4 is 10.2 Å². The van der Waals surface area contributed by atoms with E-state index in [-0.39, 0.29) is 12.2 Å². The van der Waals surface area contributed by atoms with Gasteiger partial charge in [0.1, 0.15) is 17.4 Å². The van der Waals surface area contributed by atoms with E-state index in [1.807, 2.05) is 64.2 Å². The standard InChI is InChI=1S/C32H35N7O2/c1-21-8-9-23(15-28(40)24-6-5-7-25(16-24)32(2,3)19-33)14-26(21)37-30-29-27(35-20-36-30)17-34-31(38-29)39(4)18-22-10-12-41-13-11-22/h5-9,14,16-17,20,22H,10-13,15,18H2,1-4H3,(H,35,36,37). The Balaban J connectivity index is 1.36. The van der Waals surface area contributed by atoms with Crippen molar-refractivity contribution < 1.29 is 9.53 Å². The summed E-state index contributed by atoms with van der Waals surface area (Å²) < 4.78 is 5.50. The fourth-order valence-corrected chi connectivity index (χ4v) is 4.99. The number of nitriles is 1. The molecule has 2 aromatic carbocycles. The van der Waals surface area contributed by atoms with Gasteiger partial charge in [-0.2, -0.15) is 5.26 Å². The van der Waals surface area contributed by atoms with Crippen molar-refractivity contribution in [3.05, 3.63) is 77.2 Å². The third kappa shape index (κ3) is 6.50. The number of rotatable bonds is 9. The summed E-state index contributed by atoms with van der Waals surface area (Å²) in [6, 6.07) is 15.6. The Morgan fingerprint density at radius 1 is 1.15 bits per heavy atom. The topological polar surface area (TPSA) is 117 Å². The predicted molar refractivity (Wildman–Crippen MR) is 160 cm³/mol. The lowest BCUT2D eigenvalue weighted by molar-refractivity contribution is 0.0684. The number of Topliss-reactive ketones (excluding diaryl/α,β-unsaturated/α-hetero) is 1. The molecule has 0 radical (unpaired) electrons. The van der Waals surface area contributed by atoms with Crippen molar-refractivity contribution in [3.63, 3.8) is 0 Å². The first-order valence-electron chi connectivity index (χ1n) is 13.9. The van der Waals surface area contributed by atoms with E-state index >= 15 is 0 Å². The second-order valence-corrected chi connectivity index (χ2v) is 11.3. The van der Waals surface area contributed by atoms with Crippen LogP contribution in [-0.4, -0.2) is 52.5 Å². The SMILES string of the molecule is Cc1ccc(CC(=O)c2cccc(C(C)(C)C#N)c2)cc1Nc1ncnc2cnc(N(C)CC3CCOCC3)nc12. The molecule has 0 unspecified atom stereocenters. The molecule has 2 aromatic heterocycles. The normalized spacial score (nSPS) is 14.0. The molecule has 1 aliphatic heterocycles. The van der Waals surface area contributed by atoms with Crippen LogP contribution in [0.15, 0.2) is 55.0 Å². The fourth-order valence-electron chi connectivity index (χ4n) is 4.99. The van der Waals surface area contributed by atoms with Crippen LogP contribution in [0.3, 0.4) is 0 Å². The quantitative estimate of drug-likeness (QED) is 0.268. The second-order valence-electron chi connectivity index (χ2n) is 11.3. The summed E-state index contributed by atoms with van der Waals surface area (Å²) in [4.78, 5) is 33.5. The maximum atomic E-state index is 13.2. The maximum Gasteiger partial charge on any atom is 0.225 e. The minimum absolute atomic E-state index is 0.00664. The lowest BCUT2D eigenvalue weighted by Gasteiger charge is -2.27. The van der Waals surface area contributed by atoms with Crippen molar-refractivity contribution in [2.24, 2.45) is 5.92 Å². The summed E-state index contributed by atoms with van der Waals surface area (Å²) in [6.07, 6.45) is 5.54. The van der Waals surface area contributed by atoms with E-state index in [1.165, 1.54) is 6.33 Å². The number of aromatic nitrogens is 4. The summed E-state index contributed by atoms with van der Waals surface area (Å²) in [5, 5.41) is 12.9. The minimum atomic E-state index is -0.666. The van der Waals surface area contributed by atoms with E-state index in [4.69, 9.17) is 9.72 Å². The van der Waals surface area contributed by atoms with Crippen LogP contribution in [0.25, 0.3) is 11.0 Å². The van der Waals surface area contributed by atoms with Gasteiger partial charge in [-0.15, -0.1) is 0 Å². The monoisotopic (exact) mass is 549 g/mol. The van der Waals surface area contributed by atoms with Crippen molar-refractivity contribution in [2.75, 3.05) is 37.0 Å². The van der Waals surface area contributed by atoms with E-state index in [0.717, 1.165) is 55.0 Å². The number of fused-ring (bicyclic) bond motifs is 1. The first-order chi connectivity index (χ1) is 19.7. The molecular weight excluding hydrogens is 514 g/mol. The number of benzene rings is 2. The molecule has 9 heteroatoms. The van der Waals surface area contributed by atoms with Gasteiger partial charge in [0.15, 0.2) is 11.6 Å². The average molecular weight is 550 g/mol. The molecule has 9 nitrogen and oxygen atoms in total. The van der Waals surface area contributed by atoms with Gasteiger partial charge in [0.05, 0.1) is 17.7 Å². The lowest BCUT2D eigenvalue weighted by Crippen LogP contribution is -2.30. The Bertz CT molecular complexity index is 1610. The highest BCUT2D eigenvalue weighted by Gasteiger charge is 2.21. The number of carbonyl (C=O) groups is 1. The number of nitrogens with one attached hydrogen (secondary N) is 1. The predicted octanol–water partition coefficient (Wildman–Crippen LogP) is 5.56. The zero-order valence-corrected chi connectivity index (χ0v) is 24.0. The van der Waals surface area contributed by atoms with Gasteiger partial charge in [-0.1, -0.05) is 30.3 Å². The molecule has 4 aromatic rings. The molecule has 0 atom stereocenters. The number of hydrogen-bond acceptors (Lipinski definition) is 9. The molecular formula is C32H35N7O2. The Labute approximate surface area is 240 Å². The number of ether oxygens (including phenoxy) is 1. The van der Waals surface area contributed by atoms with E-state index in [0.29, 0.717) is 34.3 Å². The van der Waals surface area contributed by atoms with Gasteiger partial charge in [-0.25, -0.2) is 19.9 Å². The number of ketones is 1. The first-order valence-corrected chi connectivity index (χ1v) is 13.9. The van der Waals surface area contributed by atoms with Crippen LogP contribution in [0.5, 0.6) is 0 Å². The van der Waals surface area contributed by atoms with Gasteiger partial charge >= 0.3 is 0 Å². The van der Waals surface area contributed by atoms with Gasteiger partial charge in [-0.05, 0) is 68.4 Å². The van der Waals surface area contributed by atoms with E-state index in [9.17, 15) is 10.1 Å². The number of hydrogen-bond donors (Lipinski definition) is 1. The number of carbonyl (C=O) groups excluding carboxylic acids is 1. The van der Waals surface area contributed by atoms with Crippen LogP contribution in [0.2, 0.25) is 0 Å². The maximum absolute atomic E-state index is 13.2. The Kier molecular flexibility index (Phi) is 8.22. The van der Waals surface area contributed by atoms with Crippen LogP contribution in [0.4, 0.5) is 17.5 Å². The van der Waals surface area contributed by atoms with E-state index in [2.05, 4.69) is 31.2 Å². The molecule has 0 spiro atoms. The molecule has 210 valence electrons. The molecule has 0 aliphatic carbocycles. The van der Waals surface area contributed by atoms with Gasteiger partial charge in [0.2, 0.25) is 5.95 Å². The van der Waals surface area contributed by atoms with Gasteiger partial charge in [-0.3, -0.25) is 4.79 Å². The Morgan fingerprint density at radius 2 is 1.95 bits per heavy atom. The third-order valence-corrected chi connectivity index (χ3v) is 7.68. The number of anilines is 3. The molecule has 1 N–H and O–H groups in total. The molecule has 5 rings (SSSR count). The zero-order valence-electron chi connectivity index (χ0n) is 24.0. The summed E-state index contributed by atoms with van der Waals surface area (Å²) in [5.74, 6) is 1.75. The molecule has 1 saturated heterocycles. The zero-order chi connectivity index (χ0) is 29.0. The number of nitrogens with zero attached hydrogens (tertiary/aromatic N) is 6. The smallest absolute Gasteiger partial charge is 0.225 e. The van der Waals surface area contributed by atoms with E-state index < -0.39 is 5.41 Å². The summed E-state index contributed by atoms with van der Waals surface area (Å²) >= 11 is 0. The van der Waals surface area contributed by atoms with Gasteiger partial charge < -0.3 is 15.0 Å². The molecule has 0 bridgehead atoms. The highest BCUT2D eigenvalue weighted by molar-refractivity contribution is 5.98. The second kappa shape index (κ2) is 12.0. The van der Waals surface area contributed by atoms with Crippen molar-refractivity contribution in [1.29, 1.82) is 5.26 Å². The molecule has 1 fully saturated rings. The number of aryl methyl sites for hydroxylation is 1. The van der Waals surface area contributed by atoms with Crippen LogP contribution in [0.1, 0.15) is 53.7 Å². The minimum Gasteiger partial charge on any atom is -0.381 e. The lowest BCUT2D eigenvalue weighted by atomic mass is 9.85. The van der Waals surface area contributed by atoms with Crippen molar-refractivity contribution >= 4 is 34.3 Å². The molecule has 41 heavy (non-hydrogen) atoms. The largest absolute Gasteiger partial charge is 0.381 e. The van der Waals surface area contributed by atoms with Gasteiger partial charge in [0, 0.05) is 44.5 Å². The fraction of sp³-hybridized carbons (Fsp3) is 0.375. The summed E-state index contributed by atoms with van der Waals surface area (Å²) in [7, 11) is 2.01. The van der Waals surface area contributed by atoms with Crippen LogP contribution >= 0.6 is 0 Å². The molecule has 0 amide bonds. The van der Waals surface area contributed by atoms with Crippen molar-refractivity contribution in [2.45, 2.75) is 45.4 Å². The summed E-state index contributed by atoms with van der Waals surface area (Å²) in [5.41, 5.74) is 4.76. The van der Waals surface area contributed by atoms with E-state index in [1.54, 1.807) is 12.3 Å². The third-order valence-electron chi connectivity index (χ3n) is 7.68. The molecule has 3 heterocycles. The Hall–Kier alpha value is -4.42. The molecule has 0 saturated carbocycles. The van der Waals surface area contributed by atoms with Crippen LogP contribution in [-0.2, 0) is 16.6 Å². The average Bonchev–Trinajstić information content (AvgIpc) is 2.99. The van der Waals surface area contributed by atoms with Crippen molar-refractivity contribution in [1.82, 2.24) is 19.9 Å². The summed E-state index contributed by atoms with van der Waals surface area (Å²) in [6.45, 7) is 8.17. The molecule has 1 aliphatic rings. The highest BCUT2D eigenvalue weighted by Crippen LogP contribution is 2.27. The first kappa shape index (κ1) is 28.1. The van der Waals surface area contributed by atoms with Crippen molar-refractivity contribution in [3.8, 4) is 6.07 Å². The highest BCUT2D eigenvalue weighted by atomic mass is 16.5. The Morgan fingerprint density at radius 3 is 2.73 bits per heavy atom. The van der Waals surface area contributed by atoms with Crippen LogP contribution in [0, 0.1) is 24.2 Å². The van der Waals surface area contributed by atoms with Gasteiger partial charge in [0.25, 0.3) is 0 Å².